The molecule has 0 spiro atoms. The quantitative estimate of drug-likeness (QED) is 0.831. The van der Waals surface area contributed by atoms with E-state index in [-0.39, 0.29) is 24.9 Å². The second-order valence-corrected chi connectivity index (χ2v) is 6.17. The molecule has 0 saturated carbocycles. The molecule has 1 N–H and O–H groups in total. The molecule has 0 radical (unpaired) electrons. The number of carboxylic acids is 1. The molecule has 7 heteroatoms. The fourth-order valence-corrected chi connectivity index (χ4v) is 3.15. The first kappa shape index (κ1) is 18.1. The van der Waals surface area contributed by atoms with Gasteiger partial charge in [-0.15, -0.1) is 0 Å². The van der Waals surface area contributed by atoms with Crippen molar-refractivity contribution in [1.29, 1.82) is 0 Å². The summed E-state index contributed by atoms with van der Waals surface area (Å²) in [6, 6.07) is 5.41. The Morgan fingerprint density at radius 1 is 1.25 bits per heavy atom. The second kappa shape index (κ2) is 7.53. The van der Waals surface area contributed by atoms with Crippen molar-refractivity contribution in [3.63, 3.8) is 0 Å². The fourth-order valence-electron chi connectivity index (χ4n) is 3.15. The summed E-state index contributed by atoms with van der Waals surface area (Å²) >= 11 is 0. The van der Waals surface area contributed by atoms with Gasteiger partial charge in [0.25, 0.3) is 0 Å². The Hall–Kier alpha value is -2.28. The molecular formula is C17H24N2O5. The van der Waals surface area contributed by atoms with Gasteiger partial charge in [-0.2, -0.15) is 0 Å². The normalized spacial score (nSPS) is 20.3. The average molecular weight is 336 g/mol. The minimum atomic E-state index is -0.912. The van der Waals surface area contributed by atoms with E-state index in [2.05, 4.69) is 0 Å². The van der Waals surface area contributed by atoms with Gasteiger partial charge in [-0.1, -0.05) is 12.1 Å². The summed E-state index contributed by atoms with van der Waals surface area (Å²) in [6.07, 6.45) is 0. The van der Waals surface area contributed by atoms with Gasteiger partial charge in [0, 0.05) is 24.6 Å². The summed E-state index contributed by atoms with van der Waals surface area (Å²) in [5, 5.41) is 9.60. The minimum Gasteiger partial charge on any atom is -0.493 e. The maximum Gasteiger partial charge on any atom is 0.308 e. The number of likely N-dealkylation sites (tertiary alicyclic amines) is 1. The van der Waals surface area contributed by atoms with Crippen LogP contribution in [-0.2, 0) is 9.59 Å². The lowest BCUT2D eigenvalue weighted by atomic mass is 9.88. The maximum absolute atomic E-state index is 12.3. The minimum absolute atomic E-state index is 0.0735. The maximum atomic E-state index is 12.3. The topological polar surface area (TPSA) is 79.3 Å². The van der Waals surface area contributed by atoms with Gasteiger partial charge < -0.3 is 24.4 Å². The molecule has 0 aromatic heterocycles. The SMILES string of the molecule is COc1cccc([C@H]2CN(C(=O)CN(C)C)C[C@@H]2C(=O)O)c1OC. The molecular weight excluding hydrogens is 312 g/mol. The van der Waals surface area contributed by atoms with Gasteiger partial charge in [-0.05, 0) is 20.2 Å². The summed E-state index contributed by atoms with van der Waals surface area (Å²) in [5.41, 5.74) is 0.754. The Morgan fingerprint density at radius 3 is 2.50 bits per heavy atom. The van der Waals surface area contributed by atoms with Crippen LogP contribution in [0.4, 0.5) is 0 Å². The number of ether oxygens (including phenoxy) is 2. The van der Waals surface area contributed by atoms with Crippen LogP contribution in [0.15, 0.2) is 18.2 Å². The number of carbonyl (C=O) groups excluding carboxylic acids is 1. The van der Waals surface area contributed by atoms with Crippen molar-refractivity contribution in [2.75, 3.05) is 47.9 Å². The van der Waals surface area contributed by atoms with E-state index in [0.717, 1.165) is 5.56 Å². The molecule has 2 atom stereocenters. The molecule has 1 aromatic rings. The molecule has 1 heterocycles. The van der Waals surface area contributed by atoms with Gasteiger partial charge >= 0.3 is 5.97 Å². The van der Waals surface area contributed by atoms with Gasteiger partial charge in [0.15, 0.2) is 11.5 Å². The molecule has 1 aromatic carbocycles. The lowest BCUT2D eigenvalue weighted by molar-refractivity contribution is -0.141. The van der Waals surface area contributed by atoms with Crippen molar-refractivity contribution in [1.82, 2.24) is 9.80 Å². The Bertz CT molecular complexity index is 617. The fraction of sp³-hybridized carbons (Fsp3) is 0.529. The Labute approximate surface area is 141 Å². The summed E-state index contributed by atoms with van der Waals surface area (Å²) in [7, 11) is 6.69. The van der Waals surface area contributed by atoms with E-state index in [9.17, 15) is 14.7 Å². The molecule has 132 valence electrons. The first-order chi connectivity index (χ1) is 11.4. The molecule has 1 aliphatic rings. The summed E-state index contributed by atoms with van der Waals surface area (Å²) in [4.78, 5) is 27.4. The average Bonchev–Trinajstić information content (AvgIpc) is 2.98. The number of aliphatic carboxylic acids is 1. The van der Waals surface area contributed by atoms with Gasteiger partial charge in [-0.3, -0.25) is 9.59 Å². The standard InChI is InChI=1S/C17H24N2O5/c1-18(2)10-15(20)19-8-12(13(9-19)17(21)22)11-6-5-7-14(23-3)16(11)24-4/h5-7,12-13H,8-10H2,1-4H3,(H,21,22)/t12-,13+/m1/s1. The van der Waals surface area contributed by atoms with E-state index in [1.165, 1.54) is 14.2 Å². The number of carbonyl (C=O) groups is 2. The Kier molecular flexibility index (Phi) is 5.66. The zero-order chi connectivity index (χ0) is 17.9. The third-order valence-corrected chi connectivity index (χ3v) is 4.27. The molecule has 0 aliphatic carbocycles. The van der Waals surface area contributed by atoms with Gasteiger partial charge in [0.2, 0.25) is 5.91 Å². The monoisotopic (exact) mass is 336 g/mol. The number of nitrogens with zero attached hydrogens (tertiary/aromatic N) is 2. The number of likely N-dealkylation sites (N-methyl/N-ethyl adjacent to an activating group) is 1. The predicted molar refractivity (Wildman–Crippen MR) is 88.5 cm³/mol. The van der Waals surface area contributed by atoms with Crippen LogP contribution < -0.4 is 9.47 Å². The van der Waals surface area contributed by atoms with Crippen LogP contribution in [0.3, 0.4) is 0 Å². The Balaban J connectivity index is 2.34. The van der Waals surface area contributed by atoms with Crippen LogP contribution in [-0.4, -0.2) is 74.7 Å². The third kappa shape index (κ3) is 3.62. The van der Waals surface area contributed by atoms with Crippen LogP contribution in [0, 0.1) is 5.92 Å². The molecule has 2 rings (SSSR count). The second-order valence-electron chi connectivity index (χ2n) is 6.17. The van der Waals surface area contributed by atoms with Gasteiger partial charge in [0.1, 0.15) is 0 Å². The van der Waals surface area contributed by atoms with E-state index in [4.69, 9.17) is 9.47 Å². The van der Waals surface area contributed by atoms with Crippen molar-refractivity contribution in [3.05, 3.63) is 23.8 Å². The molecule has 1 amide bonds. The third-order valence-electron chi connectivity index (χ3n) is 4.27. The molecule has 1 fully saturated rings. The highest BCUT2D eigenvalue weighted by Crippen LogP contribution is 2.41. The molecule has 1 aliphatic heterocycles. The van der Waals surface area contributed by atoms with Gasteiger partial charge in [0.05, 0.1) is 26.7 Å². The summed E-state index contributed by atoms with van der Waals surface area (Å²) in [5.74, 6) is -0.910. The zero-order valence-electron chi connectivity index (χ0n) is 14.5. The number of hydrogen-bond acceptors (Lipinski definition) is 5. The number of rotatable bonds is 6. The molecule has 1 saturated heterocycles. The highest BCUT2D eigenvalue weighted by Gasteiger charge is 2.42. The van der Waals surface area contributed by atoms with E-state index in [1.807, 2.05) is 20.2 Å². The number of carboxylic acid groups (broad SMARTS) is 1. The van der Waals surface area contributed by atoms with Crippen molar-refractivity contribution >= 4 is 11.9 Å². The van der Waals surface area contributed by atoms with E-state index >= 15 is 0 Å². The van der Waals surface area contributed by atoms with Crippen molar-refractivity contribution in [2.24, 2.45) is 5.92 Å². The summed E-state index contributed by atoms with van der Waals surface area (Å²) in [6.45, 7) is 0.814. The van der Waals surface area contributed by atoms with Crippen molar-refractivity contribution in [2.45, 2.75) is 5.92 Å². The Morgan fingerprint density at radius 2 is 1.96 bits per heavy atom. The number of para-hydroxylation sites is 1. The number of methoxy groups -OCH3 is 2. The zero-order valence-corrected chi connectivity index (χ0v) is 14.5. The lowest BCUT2D eigenvalue weighted by Crippen LogP contribution is -2.36. The van der Waals surface area contributed by atoms with E-state index < -0.39 is 11.9 Å². The molecule has 0 bridgehead atoms. The largest absolute Gasteiger partial charge is 0.493 e. The summed E-state index contributed by atoms with van der Waals surface area (Å²) < 4.78 is 10.7. The predicted octanol–water partition coefficient (Wildman–Crippen LogP) is 0.892. The van der Waals surface area contributed by atoms with Crippen molar-refractivity contribution in [3.8, 4) is 11.5 Å². The lowest BCUT2D eigenvalue weighted by Gasteiger charge is -2.20. The van der Waals surface area contributed by atoms with E-state index in [1.54, 1.807) is 21.9 Å². The highest BCUT2D eigenvalue weighted by molar-refractivity contribution is 5.81. The highest BCUT2D eigenvalue weighted by atomic mass is 16.5. The first-order valence-corrected chi connectivity index (χ1v) is 7.75. The molecule has 24 heavy (non-hydrogen) atoms. The molecule has 0 unspecified atom stereocenters. The smallest absolute Gasteiger partial charge is 0.308 e. The van der Waals surface area contributed by atoms with Crippen LogP contribution in [0.2, 0.25) is 0 Å². The van der Waals surface area contributed by atoms with Crippen LogP contribution in [0.1, 0.15) is 11.5 Å². The number of hydrogen-bond donors (Lipinski definition) is 1. The molecule has 7 nitrogen and oxygen atoms in total. The van der Waals surface area contributed by atoms with Gasteiger partial charge in [-0.25, -0.2) is 0 Å². The number of benzene rings is 1. The van der Waals surface area contributed by atoms with E-state index in [0.29, 0.717) is 18.0 Å². The van der Waals surface area contributed by atoms with Crippen LogP contribution in [0.25, 0.3) is 0 Å². The number of amides is 1. The first-order valence-electron chi connectivity index (χ1n) is 7.75. The van der Waals surface area contributed by atoms with Crippen molar-refractivity contribution < 1.29 is 24.2 Å². The van der Waals surface area contributed by atoms with Crippen LogP contribution in [0.5, 0.6) is 11.5 Å². The van der Waals surface area contributed by atoms with Crippen LogP contribution >= 0.6 is 0 Å².